The van der Waals surface area contributed by atoms with E-state index in [0.29, 0.717) is 6.54 Å². The second kappa shape index (κ2) is 7.28. The van der Waals surface area contributed by atoms with Crippen molar-refractivity contribution in [3.05, 3.63) is 0 Å². The highest BCUT2D eigenvalue weighted by Crippen LogP contribution is 2.22. The van der Waals surface area contributed by atoms with Crippen LogP contribution in [0.15, 0.2) is 0 Å². The SMILES string of the molecule is CCCCCC(C)(C)CNCCS(C)(=O)=O. The fourth-order valence-electron chi connectivity index (χ4n) is 1.63. The lowest BCUT2D eigenvalue weighted by atomic mass is 9.87. The predicted octanol–water partition coefficient (Wildman–Crippen LogP) is 2.23. The predicted molar refractivity (Wildman–Crippen MR) is 70.5 cm³/mol. The minimum absolute atomic E-state index is 0.234. The van der Waals surface area contributed by atoms with Crippen LogP contribution in [0.5, 0.6) is 0 Å². The first-order chi connectivity index (χ1) is 7.27. The molecule has 0 spiro atoms. The van der Waals surface area contributed by atoms with Gasteiger partial charge in [-0.1, -0.05) is 40.0 Å². The highest BCUT2D eigenvalue weighted by molar-refractivity contribution is 7.90. The summed E-state index contributed by atoms with van der Waals surface area (Å²) >= 11 is 0. The summed E-state index contributed by atoms with van der Waals surface area (Å²) in [4.78, 5) is 0. The highest BCUT2D eigenvalue weighted by Gasteiger charge is 2.16. The molecular formula is C12H27NO2S. The van der Waals surface area contributed by atoms with E-state index in [-0.39, 0.29) is 11.2 Å². The van der Waals surface area contributed by atoms with E-state index in [1.165, 1.54) is 31.9 Å². The molecule has 0 rings (SSSR count). The Hall–Kier alpha value is -0.0900. The number of rotatable bonds is 9. The number of unbranched alkanes of at least 4 members (excludes halogenated alkanes) is 2. The van der Waals surface area contributed by atoms with Gasteiger partial charge in [-0.05, 0) is 11.8 Å². The van der Waals surface area contributed by atoms with Crippen molar-refractivity contribution in [3.63, 3.8) is 0 Å². The summed E-state index contributed by atoms with van der Waals surface area (Å²) in [5.74, 6) is 0.234. The zero-order chi connectivity index (χ0) is 12.7. The quantitative estimate of drug-likeness (QED) is 0.637. The molecule has 0 fully saturated rings. The highest BCUT2D eigenvalue weighted by atomic mass is 32.2. The van der Waals surface area contributed by atoms with Crippen molar-refractivity contribution in [3.8, 4) is 0 Å². The molecule has 0 aromatic heterocycles. The molecule has 16 heavy (non-hydrogen) atoms. The molecule has 0 amide bonds. The van der Waals surface area contributed by atoms with Crippen LogP contribution in [-0.2, 0) is 9.84 Å². The van der Waals surface area contributed by atoms with Crippen LogP contribution in [0.1, 0.15) is 46.5 Å². The Morgan fingerprint density at radius 2 is 1.81 bits per heavy atom. The van der Waals surface area contributed by atoms with Crippen molar-refractivity contribution < 1.29 is 8.42 Å². The smallest absolute Gasteiger partial charge is 0.148 e. The van der Waals surface area contributed by atoms with Gasteiger partial charge in [0.2, 0.25) is 0 Å². The summed E-state index contributed by atoms with van der Waals surface area (Å²) < 4.78 is 21.9. The molecule has 0 aromatic rings. The first-order valence-electron chi connectivity index (χ1n) is 6.15. The van der Waals surface area contributed by atoms with Crippen molar-refractivity contribution in [1.29, 1.82) is 0 Å². The lowest BCUT2D eigenvalue weighted by Gasteiger charge is -2.25. The average Bonchev–Trinajstić information content (AvgIpc) is 2.11. The van der Waals surface area contributed by atoms with Crippen LogP contribution < -0.4 is 5.32 Å². The number of sulfone groups is 1. The van der Waals surface area contributed by atoms with E-state index in [2.05, 4.69) is 26.1 Å². The molecule has 0 radical (unpaired) electrons. The van der Waals surface area contributed by atoms with Gasteiger partial charge in [0.1, 0.15) is 9.84 Å². The maximum absolute atomic E-state index is 10.9. The van der Waals surface area contributed by atoms with Crippen molar-refractivity contribution in [2.75, 3.05) is 25.1 Å². The Bertz CT molecular complexity index is 271. The minimum atomic E-state index is -2.83. The van der Waals surface area contributed by atoms with Crippen molar-refractivity contribution >= 4 is 9.84 Å². The summed E-state index contributed by atoms with van der Waals surface area (Å²) in [7, 11) is -2.83. The Balaban J connectivity index is 3.65. The second-order valence-electron chi connectivity index (χ2n) is 5.43. The molecule has 0 aromatic carbocycles. The molecule has 0 aliphatic heterocycles. The van der Waals surface area contributed by atoms with Crippen molar-refractivity contribution in [2.24, 2.45) is 5.41 Å². The molecule has 0 bridgehead atoms. The summed E-state index contributed by atoms with van der Waals surface area (Å²) in [6, 6.07) is 0. The van der Waals surface area contributed by atoms with E-state index < -0.39 is 9.84 Å². The van der Waals surface area contributed by atoms with Gasteiger partial charge in [0, 0.05) is 19.3 Å². The monoisotopic (exact) mass is 249 g/mol. The van der Waals surface area contributed by atoms with E-state index in [1.807, 2.05) is 0 Å². The second-order valence-corrected chi connectivity index (χ2v) is 7.69. The first kappa shape index (κ1) is 15.9. The zero-order valence-corrected chi connectivity index (χ0v) is 12.0. The minimum Gasteiger partial charge on any atom is -0.315 e. The van der Waals surface area contributed by atoms with Crippen LogP contribution in [-0.4, -0.2) is 33.5 Å². The van der Waals surface area contributed by atoms with Gasteiger partial charge in [-0.25, -0.2) is 8.42 Å². The fraction of sp³-hybridized carbons (Fsp3) is 1.00. The molecular weight excluding hydrogens is 222 g/mol. The number of hydrogen-bond acceptors (Lipinski definition) is 3. The first-order valence-corrected chi connectivity index (χ1v) is 8.21. The van der Waals surface area contributed by atoms with Gasteiger partial charge in [0.15, 0.2) is 0 Å². The molecule has 0 saturated carbocycles. The largest absolute Gasteiger partial charge is 0.315 e. The lowest BCUT2D eigenvalue weighted by Crippen LogP contribution is -2.32. The van der Waals surface area contributed by atoms with Crippen LogP contribution >= 0.6 is 0 Å². The lowest BCUT2D eigenvalue weighted by molar-refractivity contribution is 0.305. The van der Waals surface area contributed by atoms with E-state index >= 15 is 0 Å². The van der Waals surface area contributed by atoms with E-state index in [1.54, 1.807) is 0 Å². The van der Waals surface area contributed by atoms with E-state index in [9.17, 15) is 8.42 Å². The third-order valence-corrected chi connectivity index (χ3v) is 3.66. The fourth-order valence-corrected chi connectivity index (χ4v) is 2.14. The van der Waals surface area contributed by atoms with Crippen LogP contribution in [0.4, 0.5) is 0 Å². The van der Waals surface area contributed by atoms with Gasteiger partial charge in [-0.3, -0.25) is 0 Å². The Morgan fingerprint density at radius 1 is 1.19 bits per heavy atom. The zero-order valence-electron chi connectivity index (χ0n) is 11.2. The molecule has 0 aliphatic rings. The van der Waals surface area contributed by atoms with Gasteiger partial charge >= 0.3 is 0 Å². The van der Waals surface area contributed by atoms with Gasteiger partial charge in [-0.2, -0.15) is 0 Å². The van der Waals surface area contributed by atoms with Gasteiger partial charge in [0.25, 0.3) is 0 Å². The maximum atomic E-state index is 10.9. The van der Waals surface area contributed by atoms with E-state index in [0.717, 1.165) is 6.54 Å². The summed E-state index contributed by atoms with van der Waals surface area (Å²) in [5.41, 5.74) is 0.271. The van der Waals surface area contributed by atoms with Gasteiger partial charge in [-0.15, -0.1) is 0 Å². The van der Waals surface area contributed by atoms with Crippen LogP contribution in [0.3, 0.4) is 0 Å². The van der Waals surface area contributed by atoms with Gasteiger partial charge in [0.05, 0.1) is 5.75 Å². The number of nitrogens with one attached hydrogen (secondary N) is 1. The van der Waals surface area contributed by atoms with Crippen LogP contribution in [0.2, 0.25) is 0 Å². The third-order valence-electron chi connectivity index (χ3n) is 2.71. The normalized spacial score (nSPS) is 13.0. The molecule has 3 nitrogen and oxygen atoms in total. The summed E-state index contributed by atoms with van der Waals surface area (Å²) in [6.07, 6.45) is 6.27. The Kier molecular flexibility index (Phi) is 7.24. The van der Waals surface area contributed by atoms with Crippen molar-refractivity contribution in [1.82, 2.24) is 5.32 Å². The Labute approximate surface area is 101 Å². The third kappa shape index (κ3) is 10.4. The summed E-state index contributed by atoms with van der Waals surface area (Å²) in [5, 5.41) is 3.23. The molecule has 0 unspecified atom stereocenters. The van der Waals surface area contributed by atoms with E-state index in [4.69, 9.17) is 0 Å². The average molecular weight is 249 g/mol. The molecule has 1 N–H and O–H groups in total. The molecule has 0 saturated heterocycles. The molecule has 0 heterocycles. The molecule has 0 atom stereocenters. The summed E-state index contributed by atoms with van der Waals surface area (Å²) in [6.45, 7) is 8.13. The van der Waals surface area contributed by atoms with Gasteiger partial charge < -0.3 is 5.32 Å². The van der Waals surface area contributed by atoms with Crippen molar-refractivity contribution in [2.45, 2.75) is 46.5 Å². The maximum Gasteiger partial charge on any atom is 0.148 e. The number of hydrogen-bond donors (Lipinski definition) is 1. The topological polar surface area (TPSA) is 46.2 Å². The van der Waals surface area contributed by atoms with Crippen LogP contribution in [0, 0.1) is 5.41 Å². The molecule has 4 heteroatoms. The molecule has 0 aliphatic carbocycles. The van der Waals surface area contributed by atoms with Crippen LogP contribution in [0.25, 0.3) is 0 Å². The standard InChI is InChI=1S/C12H27NO2S/c1-5-6-7-8-12(2,3)11-13-9-10-16(4,14)15/h13H,5-11H2,1-4H3. The molecule has 98 valence electrons. The Morgan fingerprint density at radius 3 is 2.31 bits per heavy atom.